The zero-order valence-corrected chi connectivity index (χ0v) is 15.7. The molecular weight excluding hydrogens is 436 g/mol. The summed E-state index contributed by atoms with van der Waals surface area (Å²) in [6, 6.07) is 10.7. The lowest BCUT2D eigenvalue weighted by molar-refractivity contribution is -0.122. The Hall–Kier alpha value is -0.980. The van der Waals surface area contributed by atoms with Crippen LogP contribution in [0.2, 0.25) is 10.0 Å². The van der Waals surface area contributed by atoms with Crippen molar-refractivity contribution in [1.29, 1.82) is 0 Å². The maximum Gasteiger partial charge on any atom is 0.265 e. The minimum atomic E-state index is -0.683. The number of rotatable bonds is 4. The number of amides is 1. The van der Waals surface area contributed by atoms with Crippen LogP contribution >= 0.6 is 45.8 Å². The van der Waals surface area contributed by atoms with E-state index in [1.165, 1.54) is 0 Å². The predicted molar refractivity (Wildman–Crippen MR) is 99.1 cm³/mol. The quantitative estimate of drug-likeness (QED) is 0.642. The summed E-state index contributed by atoms with van der Waals surface area (Å²) >= 11 is 14.1. The molecule has 1 N–H and O–H groups in total. The maximum absolute atomic E-state index is 12.2. The summed E-state index contributed by atoms with van der Waals surface area (Å²) in [4.78, 5) is 12.2. The summed E-state index contributed by atoms with van der Waals surface area (Å²) in [5, 5.41) is 3.74. The molecule has 6 heteroatoms. The second kappa shape index (κ2) is 7.53. The van der Waals surface area contributed by atoms with Gasteiger partial charge >= 0.3 is 0 Å². The van der Waals surface area contributed by atoms with Crippen molar-refractivity contribution in [3.63, 3.8) is 0 Å². The van der Waals surface area contributed by atoms with Crippen molar-refractivity contribution in [3.05, 3.63) is 55.6 Å². The van der Waals surface area contributed by atoms with Gasteiger partial charge in [-0.2, -0.15) is 0 Å². The van der Waals surface area contributed by atoms with E-state index in [0.717, 1.165) is 14.8 Å². The van der Waals surface area contributed by atoms with E-state index < -0.39 is 6.10 Å². The average molecular weight is 450 g/mol. The van der Waals surface area contributed by atoms with E-state index in [9.17, 15) is 4.79 Å². The molecule has 0 aliphatic rings. The maximum atomic E-state index is 12.2. The molecule has 2 aromatic carbocycles. The van der Waals surface area contributed by atoms with Gasteiger partial charge in [0, 0.05) is 14.3 Å². The standard InChI is InChI=1S/C16H14Cl2INO2/c1-9-7-12(19)4-5-14(9)20-16(21)10(2)22-15-6-3-11(17)8-13(15)18/h3-8,10H,1-2H3,(H,20,21). The number of hydrogen-bond donors (Lipinski definition) is 1. The van der Waals surface area contributed by atoms with Crippen LogP contribution in [0.5, 0.6) is 5.75 Å². The fourth-order valence-corrected chi connectivity index (χ4v) is 2.92. The average Bonchev–Trinajstić information content (AvgIpc) is 2.44. The van der Waals surface area contributed by atoms with Gasteiger partial charge in [0.2, 0.25) is 0 Å². The number of nitrogens with one attached hydrogen (secondary N) is 1. The van der Waals surface area contributed by atoms with Crippen LogP contribution in [0.3, 0.4) is 0 Å². The number of ether oxygens (including phenoxy) is 1. The Labute approximate surface area is 153 Å². The van der Waals surface area contributed by atoms with Crippen molar-refractivity contribution in [2.24, 2.45) is 0 Å². The Kier molecular flexibility index (Phi) is 5.94. The van der Waals surface area contributed by atoms with Crippen LogP contribution in [0.15, 0.2) is 36.4 Å². The van der Waals surface area contributed by atoms with Gasteiger partial charge in [0.05, 0.1) is 5.02 Å². The molecule has 0 bridgehead atoms. The Morgan fingerprint density at radius 2 is 1.95 bits per heavy atom. The van der Waals surface area contributed by atoms with Gasteiger partial charge in [0.1, 0.15) is 5.75 Å². The first-order valence-electron chi connectivity index (χ1n) is 6.55. The van der Waals surface area contributed by atoms with E-state index in [1.54, 1.807) is 25.1 Å². The molecular formula is C16H14Cl2INO2. The zero-order valence-electron chi connectivity index (χ0n) is 12.0. The zero-order chi connectivity index (χ0) is 16.3. The fourth-order valence-electron chi connectivity index (χ4n) is 1.82. The Morgan fingerprint density at radius 1 is 1.23 bits per heavy atom. The van der Waals surface area contributed by atoms with Gasteiger partial charge in [0.15, 0.2) is 6.10 Å². The Balaban J connectivity index is 2.05. The van der Waals surface area contributed by atoms with E-state index in [-0.39, 0.29) is 5.91 Å². The molecule has 0 heterocycles. The second-order valence-corrected chi connectivity index (χ2v) is 6.87. The third kappa shape index (κ3) is 4.51. The number of anilines is 1. The molecule has 0 aromatic heterocycles. The van der Waals surface area contributed by atoms with Gasteiger partial charge in [-0.15, -0.1) is 0 Å². The summed E-state index contributed by atoms with van der Waals surface area (Å²) in [7, 11) is 0. The van der Waals surface area contributed by atoms with E-state index in [2.05, 4.69) is 27.9 Å². The largest absolute Gasteiger partial charge is 0.479 e. The molecule has 0 saturated carbocycles. The first-order valence-corrected chi connectivity index (χ1v) is 8.39. The van der Waals surface area contributed by atoms with Crippen LogP contribution in [0, 0.1) is 10.5 Å². The molecule has 1 unspecified atom stereocenters. The third-order valence-corrected chi connectivity index (χ3v) is 4.21. The number of hydrogen-bond acceptors (Lipinski definition) is 2. The van der Waals surface area contributed by atoms with Crippen molar-refractivity contribution in [3.8, 4) is 5.75 Å². The molecule has 22 heavy (non-hydrogen) atoms. The van der Waals surface area contributed by atoms with Gasteiger partial charge in [0.25, 0.3) is 5.91 Å². The summed E-state index contributed by atoms with van der Waals surface area (Å²) in [5.41, 5.74) is 1.76. The fraction of sp³-hybridized carbons (Fsp3) is 0.188. The van der Waals surface area contributed by atoms with Crippen molar-refractivity contribution in [1.82, 2.24) is 0 Å². The molecule has 3 nitrogen and oxygen atoms in total. The van der Waals surface area contributed by atoms with E-state index in [0.29, 0.717) is 15.8 Å². The minimum absolute atomic E-state index is 0.240. The van der Waals surface area contributed by atoms with E-state index in [1.807, 2.05) is 25.1 Å². The topological polar surface area (TPSA) is 38.3 Å². The van der Waals surface area contributed by atoms with Gasteiger partial charge in [-0.05, 0) is 78.4 Å². The van der Waals surface area contributed by atoms with Gasteiger partial charge in [-0.25, -0.2) is 0 Å². The molecule has 0 saturated heterocycles. The Morgan fingerprint density at radius 3 is 2.59 bits per heavy atom. The van der Waals surface area contributed by atoms with Crippen molar-refractivity contribution >= 4 is 57.4 Å². The predicted octanol–water partition coefficient (Wildman–Crippen LogP) is 5.31. The molecule has 2 aromatic rings. The van der Waals surface area contributed by atoms with E-state index >= 15 is 0 Å². The first kappa shape index (κ1) is 17.4. The van der Waals surface area contributed by atoms with Crippen molar-refractivity contribution in [2.45, 2.75) is 20.0 Å². The lowest BCUT2D eigenvalue weighted by Gasteiger charge is -2.16. The molecule has 1 amide bonds. The molecule has 0 spiro atoms. The second-order valence-electron chi connectivity index (χ2n) is 4.78. The first-order chi connectivity index (χ1) is 10.4. The number of aryl methyl sites for hydroxylation is 1. The molecule has 0 aliphatic heterocycles. The van der Waals surface area contributed by atoms with Crippen LogP contribution in [-0.2, 0) is 4.79 Å². The highest BCUT2D eigenvalue weighted by atomic mass is 127. The number of halogens is 3. The summed E-state index contributed by atoms with van der Waals surface area (Å²) in [6.07, 6.45) is -0.683. The van der Waals surface area contributed by atoms with Crippen LogP contribution in [0.1, 0.15) is 12.5 Å². The summed E-state index contributed by atoms with van der Waals surface area (Å²) in [6.45, 7) is 3.61. The molecule has 1 atom stereocenters. The highest BCUT2D eigenvalue weighted by Gasteiger charge is 2.17. The van der Waals surface area contributed by atoms with E-state index in [4.69, 9.17) is 27.9 Å². The normalized spacial score (nSPS) is 11.9. The van der Waals surface area contributed by atoms with Gasteiger partial charge < -0.3 is 10.1 Å². The molecule has 0 aliphatic carbocycles. The lowest BCUT2D eigenvalue weighted by Crippen LogP contribution is -2.30. The monoisotopic (exact) mass is 449 g/mol. The summed E-state index contributed by atoms with van der Waals surface area (Å²) in [5.74, 6) is 0.184. The highest BCUT2D eigenvalue weighted by molar-refractivity contribution is 14.1. The van der Waals surface area contributed by atoms with Gasteiger partial charge in [-0.3, -0.25) is 4.79 Å². The van der Waals surface area contributed by atoms with Crippen molar-refractivity contribution < 1.29 is 9.53 Å². The molecule has 0 fully saturated rings. The molecule has 116 valence electrons. The van der Waals surface area contributed by atoms with Crippen molar-refractivity contribution in [2.75, 3.05) is 5.32 Å². The van der Waals surface area contributed by atoms with Gasteiger partial charge in [-0.1, -0.05) is 23.2 Å². The SMILES string of the molecule is Cc1cc(I)ccc1NC(=O)C(C)Oc1ccc(Cl)cc1Cl. The summed E-state index contributed by atoms with van der Waals surface area (Å²) < 4.78 is 6.71. The number of carbonyl (C=O) groups is 1. The smallest absolute Gasteiger partial charge is 0.265 e. The third-order valence-electron chi connectivity index (χ3n) is 3.01. The van der Waals surface area contributed by atoms with Crippen LogP contribution in [0.25, 0.3) is 0 Å². The molecule has 0 radical (unpaired) electrons. The van der Waals surface area contributed by atoms with Crippen LogP contribution in [-0.4, -0.2) is 12.0 Å². The molecule has 2 rings (SSSR count). The van der Waals surface area contributed by atoms with Crippen LogP contribution in [0.4, 0.5) is 5.69 Å². The minimum Gasteiger partial charge on any atom is -0.479 e. The number of benzene rings is 2. The Bertz CT molecular complexity index is 707. The lowest BCUT2D eigenvalue weighted by atomic mass is 10.2. The van der Waals surface area contributed by atoms with Crippen LogP contribution < -0.4 is 10.1 Å². The highest BCUT2D eigenvalue weighted by Crippen LogP contribution is 2.28. The number of carbonyl (C=O) groups excluding carboxylic acids is 1.